The fourth-order valence-corrected chi connectivity index (χ4v) is 1.30. The topological polar surface area (TPSA) is 38.1 Å². The first-order valence-corrected chi connectivity index (χ1v) is 4.93. The molecule has 1 aromatic heterocycles. The second-order valence-corrected chi connectivity index (χ2v) is 3.37. The van der Waals surface area contributed by atoms with E-state index in [9.17, 15) is 4.79 Å². The average molecular weight is 195 g/mol. The summed E-state index contributed by atoms with van der Waals surface area (Å²) in [5.41, 5.74) is 0. The molecular formula is C10H17N3O. The Kier molecular flexibility index (Phi) is 3.68. The molecule has 0 saturated carbocycles. The van der Waals surface area contributed by atoms with Crippen LogP contribution in [0, 0.1) is 0 Å². The SMILES string of the molecule is CCCCN(C(C)=O)c1ccn(C)n1. The largest absolute Gasteiger partial charge is 0.296 e. The van der Waals surface area contributed by atoms with E-state index >= 15 is 0 Å². The molecule has 1 rings (SSSR count). The Morgan fingerprint density at radius 3 is 2.79 bits per heavy atom. The van der Waals surface area contributed by atoms with Crippen LogP contribution in [0.4, 0.5) is 5.82 Å². The van der Waals surface area contributed by atoms with Crippen molar-refractivity contribution in [3.63, 3.8) is 0 Å². The molecule has 4 heteroatoms. The Morgan fingerprint density at radius 2 is 2.36 bits per heavy atom. The number of unbranched alkanes of at least 4 members (excludes halogenated alkanes) is 1. The molecule has 0 spiro atoms. The molecule has 0 unspecified atom stereocenters. The van der Waals surface area contributed by atoms with Crippen LogP contribution in [0.5, 0.6) is 0 Å². The molecule has 0 saturated heterocycles. The third-order valence-corrected chi connectivity index (χ3v) is 2.09. The summed E-state index contributed by atoms with van der Waals surface area (Å²) < 4.78 is 1.71. The van der Waals surface area contributed by atoms with Crippen LogP contribution in [0.15, 0.2) is 12.3 Å². The van der Waals surface area contributed by atoms with Gasteiger partial charge in [-0.1, -0.05) is 13.3 Å². The Balaban J connectivity index is 2.72. The van der Waals surface area contributed by atoms with E-state index in [0.717, 1.165) is 25.2 Å². The van der Waals surface area contributed by atoms with Gasteiger partial charge in [-0.25, -0.2) is 0 Å². The van der Waals surface area contributed by atoms with E-state index < -0.39 is 0 Å². The average Bonchev–Trinajstić information content (AvgIpc) is 2.52. The van der Waals surface area contributed by atoms with Crippen molar-refractivity contribution in [2.45, 2.75) is 26.7 Å². The van der Waals surface area contributed by atoms with Gasteiger partial charge in [-0.15, -0.1) is 0 Å². The molecule has 0 bridgehead atoms. The summed E-state index contributed by atoms with van der Waals surface area (Å²) in [6, 6.07) is 1.86. The second-order valence-electron chi connectivity index (χ2n) is 3.37. The second kappa shape index (κ2) is 4.79. The van der Waals surface area contributed by atoms with Gasteiger partial charge in [-0.3, -0.25) is 14.4 Å². The Bertz CT molecular complexity index is 306. The molecule has 0 radical (unpaired) electrons. The van der Waals surface area contributed by atoms with E-state index in [1.807, 2.05) is 19.3 Å². The number of aromatic nitrogens is 2. The quantitative estimate of drug-likeness (QED) is 0.731. The number of carbonyl (C=O) groups excluding carboxylic acids is 1. The zero-order valence-electron chi connectivity index (χ0n) is 9.03. The van der Waals surface area contributed by atoms with Crippen molar-refractivity contribution in [1.29, 1.82) is 0 Å². The first-order chi connectivity index (χ1) is 6.65. The standard InChI is InChI=1S/C10H17N3O/c1-4-5-7-13(9(2)14)10-6-8-12(3)11-10/h6,8H,4-5,7H2,1-3H3. The Labute approximate surface area is 84.5 Å². The third kappa shape index (κ3) is 2.58. The van der Waals surface area contributed by atoms with Gasteiger partial charge in [-0.05, 0) is 6.42 Å². The van der Waals surface area contributed by atoms with Crippen molar-refractivity contribution >= 4 is 11.7 Å². The van der Waals surface area contributed by atoms with Gasteiger partial charge in [0.05, 0.1) is 0 Å². The highest BCUT2D eigenvalue weighted by Gasteiger charge is 2.12. The monoisotopic (exact) mass is 195 g/mol. The molecule has 4 nitrogen and oxygen atoms in total. The Morgan fingerprint density at radius 1 is 1.64 bits per heavy atom. The minimum absolute atomic E-state index is 0.0529. The fourth-order valence-electron chi connectivity index (χ4n) is 1.30. The summed E-state index contributed by atoms with van der Waals surface area (Å²) in [6.07, 6.45) is 3.93. The molecule has 1 amide bonds. The molecule has 0 aliphatic carbocycles. The summed E-state index contributed by atoms with van der Waals surface area (Å²) >= 11 is 0. The van der Waals surface area contributed by atoms with Gasteiger partial charge in [0.1, 0.15) is 0 Å². The smallest absolute Gasteiger partial charge is 0.225 e. The lowest BCUT2D eigenvalue weighted by Crippen LogP contribution is -2.29. The molecule has 0 atom stereocenters. The van der Waals surface area contributed by atoms with Crippen molar-refractivity contribution in [2.75, 3.05) is 11.4 Å². The number of nitrogens with zero attached hydrogens (tertiary/aromatic N) is 3. The van der Waals surface area contributed by atoms with Crippen LogP contribution >= 0.6 is 0 Å². The lowest BCUT2D eigenvalue weighted by atomic mass is 10.3. The van der Waals surface area contributed by atoms with E-state index in [4.69, 9.17) is 0 Å². The van der Waals surface area contributed by atoms with E-state index in [1.165, 1.54) is 0 Å². The normalized spacial score (nSPS) is 10.2. The van der Waals surface area contributed by atoms with E-state index in [-0.39, 0.29) is 5.91 Å². The van der Waals surface area contributed by atoms with Crippen LogP contribution in [0.25, 0.3) is 0 Å². The maximum absolute atomic E-state index is 11.3. The molecule has 0 N–H and O–H groups in total. The minimum atomic E-state index is 0.0529. The van der Waals surface area contributed by atoms with Crippen molar-refractivity contribution in [3.05, 3.63) is 12.3 Å². The fraction of sp³-hybridized carbons (Fsp3) is 0.600. The third-order valence-electron chi connectivity index (χ3n) is 2.09. The van der Waals surface area contributed by atoms with Gasteiger partial charge < -0.3 is 0 Å². The first kappa shape index (κ1) is 10.8. The molecule has 0 fully saturated rings. The van der Waals surface area contributed by atoms with Crippen LogP contribution in [0.1, 0.15) is 26.7 Å². The van der Waals surface area contributed by atoms with E-state index in [1.54, 1.807) is 16.5 Å². The highest BCUT2D eigenvalue weighted by Crippen LogP contribution is 2.11. The molecule has 14 heavy (non-hydrogen) atoms. The molecular weight excluding hydrogens is 178 g/mol. The number of carbonyl (C=O) groups is 1. The van der Waals surface area contributed by atoms with Crippen LogP contribution in [0.3, 0.4) is 0 Å². The van der Waals surface area contributed by atoms with Gasteiger partial charge in [0.2, 0.25) is 5.91 Å². The number of hydrogen-bond donors (Lipinski definition) is 0. The summed E-state index contributed by atoms with van der Waals surface area (Å²) in [7, 11) is 1.85. The van der Waals surface area contributed by atoms with Crippen LogP contribution in [-0.4, -0.2) is 22.2 Å². The zero-order valence-corrected chi connectivity index (χ0v) is 9.03. The highest BCUT2D eigenvalue weighted by atomic mass is 16.2. The maximum Gasteiger partial charge on any atom is 0.225 e. The van der Waals surface area contributed by atoms with Crippen LogP contribution in [-0.2, 0) is 11.8 Å². The first-order valence-electron chi connectivity index (χ1n) is 4.93. The van der Waals surface area contributed by atoms with Gasteiger partial charge >= 0.3 is 0 Å². The number of rotatable bonds is 4. The summed E-state index contributed by atoms with van der Waals surface area (Å²) in [5.74, 6) is 0.797. The summed E-state index contributed by atoms with van der Waals surface area (Å²) in [6.45, 7) is 4.43. The number of aryl methyl sites for hydroxylation is 1. The molecule has 0 aliphatic rings. The van der Waals surface area contributed by atoms with Gasteiger partial charge in [-0.2, -0.15) is 5.10 Å². The van der Waals surface area contributed by atoms with Crippen molar-refractivity contribution in [1.82, 2.24) is 9.78 Å². The highest BCUT2D eigenvalue weighted by molar-refractivity contribution is 5.90. The van der Waals surface area contributed by atoms with Gasteiger partial charge in [0.25, 0.3) is 0 Å². The molecule has 0 aromatic carbocycles. The van der Waals surface area contributed by atoms with E-state index in [0.29, 0.717) is 0 Å². The maximum atomic E-state index is 11.3. The summed E-state index contributed by atoms with van der Waals surface area (Å²) in [5, 5.41) is 4.21. The number of amides is 1. The lowest BCUT2D eigenvalue weighted by Gasteiger charge is -2.17. The molecule has 1 heterocycles. The van der Waals surface area contributed by atoms with Gasteiger partial charge in [0.15, 0.2) is 5.82 Å². The lowest BCUT2D eigenvalue weighted by molar-refractivity contribution is -0.116. The van der Waals surface area contributed by atoms with Crippen LogP contribution < -0.4 is 4.90 Å². The predicted molar refractivity (Wildman–Crippen MR) is 56.1 cm³/mol. The zero-order chi connectivity index (χ0) is 10.6. The van der Waals surface area contributed by atoms with E-state index in [2.05, 4.69) is 12.0 Å². The predicted octanol–water partition coefficient (Wildman–Crippen LogP) is 1.57. The summed E-state index contributed by atoms with van der Waals surface area (Å²) in [4.78, 5) is 13.0. The Hall–Kier alpha value is -1.32. The molecule has 78 valence electrons. The molecule has 1 aromatic rings. The van der Waals surface area contributed by atoms with Crippen molar-refractivity contribution < 1.29 is 4.79 Å². The molecule has 0 aliphatic heterocycles. The number of hydrogen-bond acceptors (Lipinski definition) is 2. The minimum Gasteiger partial charge on any atom is -0.296 e. The number of anilines is 1. The van der Waals surface area contributed by atoms with Crippen molar-refractivity contribution in [3.8, 4) is 0 Å². The van der Waals surface area contributed by atoms with Gasteiger partial charge in [0, 0.05) is 32.8 Å². The van der Waals surface area contributed by atoms with Crippen LogP contribution in [0.2, 0.25) is 0 Å². The van der Waals surface area contributed by atoms with Crippen molar-refractivity contribution in [2.24, 2.45) is 7.05 Å².